The van der Waals surface area contributed by atoms with E-state index in [-0.39, 0.29) is 5.56 Å². The number of esters is 1. The number of rotatable bonds is 6. The van der Waals surface area contributed by atoms with Gasteiger partial charge in [-0.3, -0.25) is 4.79 Å². The largest absolute Gasteiger partial charge is 0.467 e. The Morgan fingerprint density at radius 3 is 2.19 bits per heavy atom. The second kappa shape index (κ2) is 8.51. The average molecular weight is 365 g/mol. The summed E-state index contributed by atoms with van der Waals surface area (Å²) in [4.78, 5) is 24.1. The standard InChI is InChI=1S/C19H18F3NO3/c1-26-18(25)16(12-7-13-5-3-2-4-6-13)23-17(24)14-8-10-15(11-9-14)19(20,21)22/h2-6,8-11,16H,7,12H2,1H3,(H,23,24)/t16-/m0/s1. The number of amides is 1. The van der Waals surface area contributed by atoms with Crippen molar-refractivity contribution >= 4 is 11.9 Å². The summed E-state index contributed by atoms with van der Waals surface area (Å²) in [5, 5.41) is 2.52. The first kappa shape index (κ1) is 19.5. The van der Waals surface area contributed by atoms with Crippen molar-refractivity contribution in [3.05, 3.63) is 71.3 Å². The third kappa shape index (κ3) is 5.34. The Kier molecular flexibility index (Phi) is 6.38. The molecule has 7 heteroatoms. The van der Waals surface area contributed by atoms with E-state index < -0.39 is 29.7 Å². The molecule has 2 aromatic carbocycles. The molecule has 0 spiro atoms. The quantitative estimate of drug-likeness (QED) is 0.796. The molecular weight excluding hydrogens is 347 g/mol. The molecule has 1 amide bonds. The number of nitrogens with one attached hydrogen (secondary N) is 1. The first-order chi connectivity index (χ1) is 12.3. The number of benzene rings is 2. The van der Waals surface area contributed by atoms with Gasteiger partial charge in [-0.25, -0.2) is 4.79 Å². The Balaban J connectivity index is 2.05. The highest BCUT2D eigenvalue weighted by Gasteiger charge is 2.30. The van der Waals surface area contributed by atoms with Crippen molar-refractivity contribution in [2.24, 2.45) is 0 Å². The number of ether oxygens (including phenoxy) is 1. The SMILES string of the molecule is COC(=O)[C@H](CCc1ccccc1)NC(=O)c1ccc(C(F)(F)F)cc1. The van der Waals surface area contributed by atoms with E-state index in [0.717, 1.165) is 29.8 Å². The van der Waals surface area contributed by atoms with E-state index in [1.165, 1.54) is 7.11 Å². The van der Waals surface area contributed by atoms with Crippen LogP contribution < -0.4 is 5.32 Å². The summed E-state index contributed by atoms with van der Waals surface area (Å²) in [5.41, 5.74) is 0.180. The minimum atomic E-state index is -4.47. The molecule has 1 N–H and O–H groups in total. The summed E-state index contributed by atoms with van der Waals surface area (Å²) in [6.45, 7) is 0. The lowest BCUT2D eigenvalue weighted by molar-refractivity contribution is -0.143. The second-order valence-corrected chi connectivity index (χ2v) is 5.65. The van der Waals surface area contributed by atoms with Gasteiger partial charge in [0.2, 0.25) is 0 Å². The van der Waals surface area contributed by atoms with Crippen LogP contribution in [0.1, 0.15) is 27.9 Å². The molecule has 2 rings (SSSR count). The zero-order chi connectivity index (χ0) is 19.2. The van der Waals surface area contributed by atoms with Crippen molar-refractivity contribution in [3.8, 4) is 0 Å². The number of carbonyl (C=O) groups excluding carboxylic acids is 2. The van der Waals surface area contributed by atoms with Crippen LogP contribution >= 0.6 is 0 Å². The third-order valence-electron chi connectivity index (χ3n) is 3.83. The van der Waals surface area contributed by atoms with Crippen LogP contribution in [0.25, 0.3) is 0 Å². The van der Waals surface area contributed by atoms with E-state index in [1.54, 1.807) is 0 Å². The molecule has 2 aromatic rings. The van der Waals surface area contributed by atoms with E-state index in [1.807, 2.05) is 30.3 Å². The highest BCUT2D eigenvalue weighted by atomic mass is 19.4. The zero-order valence-electron chi connectivity index (χ0n) is 14.0. The predicted molar refractivity (Wildman–Crippen MR) is 89.5 cm³/mol. The number of hydrogen-bond acceptors (Lipinski definition) is 3. The highest BCUT2D eigenvalue weighted by molar-refractivity contribution is 5.96. The summed E-state index contributed by atoms with van der Waals surface area (Å²) in [6, 6.07) is 12.3. The second-order valence-electron chi connectivity index (χ2n) is 5.65. The maximum absolute atomic E-state index is 12.6. The Morgan fingerprint density at radius 1 is 1.04 bits per heavy atom. The van der Waals surface area contributed by atoms with Crippen LogP contribution in [0.4, 0.5) is 13.2 Å². The summed E-state index contributed by atoms with van der Waals surface area (Å²) in [7, 11) is 1.21. The number of halogens is 3. The minimum absolute atomic E-state index is 0.0339. The molecular formula is C19H18F3NO3. The Morgan fingerprint density at radius 2 is 1.65 bits per heavy atom. The van der Waals surface area contributed by atoms with Crippen LogP contribution in [0.2, 0.25) is 0 Å². The Bertz CT molecular complexity index is 743. The molecule has 0 aliphatic carbocycles. The fourth-order valence-electron chi connectivity index (χ4n) is 2.40. The molecule has 138 valence electrons. The summed E-state index contributed by atoms with van der Waals surface area (Å²) >= 11 is 0. The van der Waals surface area contributed by atoms with Crippen molar-refractivity contribution in [2.45, 2.75) is 25.1 Å². The molecule has 0 saturated heterocycles. The summed E-state index contributed by atoms with van der Waals surface area (Å²) < 4.78 is 42.4. The molecule has 26 heavy (non-hydrogen) atoms. The first-order valence-electron chi connectivity index (χ1n) is 7.91. The van der Waals surface area contributed by atoms with Gasteiger partial charge in [0.25, 0.3) is 5.91 Å². The maximum Gasteiger partial charge on any atom is 0.416 e. The highest BCUT2D eigenvalue weighted by Crippen LogP contribution is 2.29. The smallest absolute Gasteiger partial charge is 0.416 e. The molecule has 0 aromatic heterocycles. The van der Waals surface area contributed by atoms with Crippen LogP contribution in [0.15, 0.2) is 54.6 Å². The van der Waals surface area contributed by atoms with E-state index >= 15 is 0 Å². The molecule has 4 nitrogen and oxygen atoms in total. The molecule has 0 aliphatic rings. The monoisotopic (exact) mass is 365 g/mol. The fraction of sp³-hybridized carbons (Fsp3) is 0.263. The number of methoxy groups -OCH3 is 1. The van der Waals surface area contributed by atoms with Crippen molar-refractivity contribution in [3.63, 3.8) is 0 Å². The molecule has 0 radical (unpaired) electrons. The lowest BCUT2D eigenvalue weighted by Gasteiger charge is -2.17. The van der Waals surface area contributed by atoms with E-state index in [4.69, 9.17) is 4.74 Å². The van der Waals surface area contributed by atoms with Crippen LogP contribution in [0.3, 0.4) is 0 Å². The molecule has 0 saturated carbocycles. The van der Waals surface area contributed by atoms with Crippen LogP contribution in [-0.4, -0.2) is 25.0 Å². The molecule has 0 aliphatic heterocycles. The van der Waals surface area contributed by atoms with Gasteiger partial charge in [0.1, 0.15) is 6.04 Å². The van der Waals surface area contributed by atoms with Crippen LogP contribution in [0, 0.1) is 0 Å². The molecule has 0 unspecified atom stereocenters. The van der Waals surface area contributed by atoms with Gasteiger partial charge in [-0.15, -0.1) is 0 Å². The van der Waals surface area contributed by atoms with Gasteiger partial charge in [-0.05, 0) is 42.7 Å². The summed E-state index contributed by atoms with van der Waals surface area (Å²) in [6.07, 6.45) is -3.63. The van der Waals surface area contributed by atoms with Gasteiger partial charge in [-0.2, -0.15) is 13.2 Å². The third-order valence-corrected chi connectivity index (χ3v) is 3.83. The van der Waals surface area contributed by atoms with Crippen molar-refractivity contribution in [2.75, 3.05) is 7.11 Å². The van der Waals surface area contributed by atoms with Crippen LogP contribution in [0.5, 0.6) is 0 Å². The molecule has 0 heterocycles. The first-order valence-corrected chi connectivity index (χ1v) is 7.91. The van der Waals surface area contributed by atoms with Crippen molar-refractivity contribution in [1.82, 2.24) is 5.32 Å². The number of carbonyl (C=O) groups is 2. The van der Waals surface area contributed by atoms with Gasteiger partial charge < -0.3 is 10.1 Å². The predicted octanol–water partition coefficient (Wildman–Crippen LogP) is 3.61. The Labute approximate surface area is 149 Å². The van der Waals surface area contributed by atoms with E-state index in [2.05, 4.69) is 5.32 Å². The number of aryl methyl sites for hydroxylation is 1. The van der Waals surface area contributed by atoms with E-state index in [9.17, 15) is 22.8 Å². The van der Waals surface area contributed by atoms with Gasteiger partial charge in [0, 0.05) is 5.56 Å². The zero-order valence-corrected chi connectivity index (χ0v) is 14.0. The average Bonchev–Trinajstić information content (AvgIpc) is 2.64. The topological polar surface area (TPSA) is 55.4 Å². The van der Waals surface area contributed by atoms with Crippen LogP contribution in [-0.2, 0) is 22.1 Å². The minimum Gasteiger partial charge on any atom is -0.467 e. The van der Waals surface area contributed by atoms with Gasteiger partial charge >= 0.3 is 12.1 Å². The van der Waals surface area contributed by atoms with E-state index in [0.29, 0.717) is 12.8 Å². The maximum atomic E-state index is 12.6. The number of hydrogen-bond donors (Lipinski definition) is 1. The van der Waals surface area contributed by atoms with Crippen molar-refractivity contribution in [1.29, 1.82) is 0 Å². The van der Waals surface area contributed by atoms with Gasteiger partial charge in [0.15, 0.2) is 0 Å². The van der Waals surface area contributed by atoms with Gasteiger partial charge in [-0.1, -0.05) is 30.3 Å². The Hall–Kier alpha value is -2.83. The molecule has 0 fully saturated rings. The normalized spacial score (nSPS) is 12.3. The lowest BCUT2D eigenvalue weighted by Crippen LogP contribution is -2.41. The number of alkyl halides is 3. The van der Waals surface area contributed by atoms with Gasteiger partial charge in [0.05, 0.1) is 12.7 Å². The summed E-state index contributed by atoms with van der Waals surface area (Å²) in [5.74, 6) is -1.25. The van der Waals surface area contributed by atoms with Crippen molar-refractivity contribution < 1.29 is 27.5 Å². The molecule has 1 atom stereocenters. The lowest BCUT2D eigenvalue weighted by atomic mass is 10.0. The fourth-order valence-corrected chi connectivity index (χ4v) is 2.40. The molecule has 0 bridgehead atoms.